The van der Waals surface area contributed by atoms with Crippen LogP contribution in [0.4, 0.5) is 0 Å². The smallest absolute Gasteiger partial charge is 0.272 e. The Bertz CT molecular complexity index is 637. The highest BCUT2D eigenvalue weighted by molar-refractivity contribution is 6.08. The fourth-order valence-corrected chi connectivity index (χ4v) is 2.03. The summed E-state index contributed by atoms with van der Waals surface area (Å²) in [6.07, 6.45) is -0.811. The van der Waals surface area contributed by atoms with Gasteiger partial charge in [0, 0.05) is 5.56 Å². The third kappa shape index (κ3) is 2.08. The zero-order chi connectivity index (χ0) is 13.2. The normalized spacial score (nSPS) is 18.0. The van der Waals surface area contributed by atoms with Crippen molar-refractivity contribution in [3.63, 3.8) is 0 Å². The molecule has 0 bridgehead atoms. The Balaban J connectivity index is 2.05. The summed E-state index contributed by atoms with van der Waals surface area (Å²) in [4.78, 5) is 23.9. The molecule has 1 aliphatic rings. The SMILES string of the molecule is O=C1NC(=O)C(c2ccccc2)Oc2ccccc21. The standard InChI is InChI=1S/C15H11NO3/c17-14-11-8-4-5-9-12(11)19-13(15(18)16-14)10-6-2-1-3-7-10/h1-9,13H,(H,16,17,18). The Morgan fingerprint density at radius 2 is 1.58 bits per heavy atom. The summed E-state index contributed by atoms with van der Waals surface area (Å²) in [5, 5.41) is 2.34. The summed E-state index contributed by atoms with van der Waals surface area (Å²) in [6.45, 7) is 0. The number of carbonyl (C=O) groups excluding carboxylic acids is 2. The van der Waals surface area contributed by atoms with Gasteiger partial charge in [-0.2, -0.15) is 0 Å². The number of rotatable bonds is 1. The van der Waals surface area contributed by atoms with Crippen LogP contribution in [-0.4, -0.2) is 11.8 Å². The Morgan fingerprint density at radius 3 is 2.37 bits per heavy atom. The maximum absolute atomic E-state index is 12.0. The molecular formula is C15H11NO3. The van der Waals surface area contributed by atoms with E-state index in [0.717, 1.165) is 0 Å². The lowest BCUT2D eigenvalue weighted by Gasteiger charge is -2.15. The fourth-order valence-electron chi connectivity index (χ4n) is 2.03. The van der Waals surface area contributed by atoms with Gasteiger partial charge in [0.1, 0.15) is 5.75 Å². The molecular weight excluding hydrogens is 242 g/mol. The second-order valence-corrected chi connectivity index (χ2v) is 4.22. The molecule has 94 valence electrons. The summed E-state index contributed by atoms with van der Waals surface area (Å²) in [6, 6.07) is 15.9. The lowest BCUT2D eigenvalue weighted by molar-refractivity contribution is -0.126. The van der Waals surface area contributed by atoms with Gasteiger partial charge in [0.05, 0.1) is 5.56 Å². The van der Waals surface area contributed by atoms with E-state index in [0.29, 0.717) is 16.9 Å². The van der Waals surface area contributed by atoms with Gasteiger partial charge in [-0.1, -0.05) is 42.5 Å². The van der Waals surface area contributed by atoms with Gasteiger partial charge >= 0.3 is 0 Å². The van der Waals surface area contributed by atoms with Crippen molar-refractivity contribution in [2.24, 2.45) is 0 Å². The van der Waals surface area contributed by atoms with Crippen molar-refractivity contribution in [2.45, 2.75) is 6.10 Å². The first-order valence-electron chi connectivity index (χ1n) is 5.91. The minimum absolute atomic E-state index is 0.370. The maximum atomic E-state index is 12.0. The number of benzene rings is 2. The highest BCUT2D eigenvalue weighted by Crippen LogP contribution is 2.28. The molecule has 1 aliphatic heterocycles. The van der Waals surface area contributed by atoms with Gasteiger partial charge in [0.2, 0.25) is 6.10 Å². The van der Waals surface area contributed by atoms with Crippen LogP contribution >= 0.6 is 0 Å². The second-order valence-electron chi connectivity index (χ2n) is 4.22. The lowest BCUT2D eigenvalue weighted by atomic mass is 10.1. The molecule has 2 amide bonds. The Morgan fingerprint density at radius 1 is 0.895 bits per heavy atom. The van der Waals surface area contributed by atoms with E-state index >= 15 is 0 Å². The lowest BCUT2D eigenvalue weighted by Crippen LogP contribution is -2.33. The van der Waals surface area contributed by atoms with Gasteiger partial charge in [-0.3, -0.25) is 14.9 Å². The first-order valence-corrected chi connectivity index (χ1v) is 5.91. The first-order chi connectivity index (χ1) is 9.25. The number of para-hydroxylation sites is 1. The number of imide groups is 1. The average molecular weight is 253 g/mol. The topological polar surface area (TPSA) is 55.4 Å². The third-order valence-corrected chi connectivity index (χ3v) is 2.95. The molecule has 1 atom stereocenters. The van der Waals surface area contributed by atoms with E-state index < -0.39 is 17.9 Å². The van der Waals surface area contributed by atoms with Gasteiger partial charge in [-0.15, -0.1) is 0 Å². The molecule has 3 rings (SSSR count). The summed E-state index contributed by atoms with van der Waals surface area (Å²) in [5.74, 6) is -0.467. The van der Waals surface area contributed by atoms with E-state index in [1.165, 1.54) is 0 Å². The van der Waals surface area contributed by atoms with Crippen LogP contribution < -0.4 is 10.1 Å². The minimum atomic E-state index is -0.811. The molecule has 1 unspecified atom stereocenters. The van der Waals surface area contributed by atoms with Gasteiger partial charge in [-0.25, -0.2) is 0 Å². The highest BCUT2D eigenvalue weighted by atomic mass is 16.5. The molecule has 0 saturated heterocycles. The molecule has 2 aromatic carbocycles. The molecule has 4 nitrogen and oxygen atoms in total. The average Bonchev–Trinajstić information content (AvgIpc) is 2.57. The summed E-state index contributed by atoms with van der Waals surface area (Å²) in [7, 11) is 0. The van der Waals surface area contributed by atoms with Gasteiger partial charge in [-0.05, 0) is 12.1 Å². The van der Waals surface area contributed by atoms with Crippen LogP contribution in [0.1, 0.15) is 22.0 Å². The zero-order valence-electron chi connectivity index (χ0n) is 10.00. The number of nitrogens with one attached hydrogen (secondary N) is 1. The van der Waals surface area contributed by atoms with E-state index in [1.54, 1.807) is 36.4 Å². The van der Waals surface area contributed by atoms with Crippen LogP contribution in [-0.2, 0) is 4.79 Å². The molecule has 0 fully saturated rings. The van der Waals surface area contributed by atoms with Crippen molar-refractivity contribution in [1.29, 1.82) is 0 Å². The predicted octanol–water partition coefficient (Wildman–Crippen LogP) is 2.08. The van der Waals surface area contributed by atoms with Crippen molar-refractivity contribution in [3.05, 3.63) is 65.7 Å². The maximum Gasteiger partial charge on any atom is 0.272 e. The van der Waals surface area contributed by atoms with Crippen molar-refractivity contribution in [3.8, 4) is 5.75 Å². The van der Waals surface area contributed by atoms with Crippen LogP contribution in [0.2, 0.25) is 0 Å². The van der Waals surface area contributed by atoms with Crippen LogP contribution in [0.15, 0.2) is 54.6 Å². The number of amides is 2. The zero-order valence-corrected chi connectivity index (χ0v) is 10.00. The largest absolute Gasteiger partial charge is 0.475 e. The molecule has 19 heavy (non-hydrogen) atoms. The molecule has 2 aromatic rings. The number of ether oxygens (including phenoxy) is 1. The molecule has 1 heterocycles. The van der Waals surface area contributed by atoms with Crippen LogP contribution in [0.25, 0.3) is 0 Å². The fraction of sp³-hybridized carbons (Fsp3) is 0.0667. The third-order valence-electron chi connectivity index (χ3n) is 2.95. The monoisotopic (exact) mass is 253 g/mol. The molecule has 4 heteroatoms. The summed E-state index contributed by atoms with van der Waals surface area (Å²) < 4.78 is 5.69. The summed E-state index contributed by atoms with van der Waals surface area (Å²) >= 11 is 0. The van der Waals surface area contributed by atoms with Crippen molar-refractivity contribution >= 4 is 11.8 Å². The van der Waals surface area contributed by atoms with Gasteiger partial charge in [0.15, 0.2) is 0 Å². The molecule has 0 aromatic heterocycles. The van der Waals surface area contributed by atoms with Crippen LogP contribution in [0, 0.1) is 0 Å². The van der Waals surface area contributed by atoms with E-state index in [1.807, 2.05) is 18.2 Å². The number of hydrogen-bond acceptors (Lipinski definition) is 3. The minimum Gasteiger partial charge on any atom is -0.475 e. The van der Waals surface area contributed by atoms with E-state index in [4.69, 9.17) is 4.74 Å². The molecule has 1 N–H and O–H groups in total. The van der Waals surface area contributed by atoms with Gasteiger partial charge in [0.25, 0.3) is 11.8 Å². The quantitative estimate of drug-likeness (QED) is 0.791. The first kappa shape index (κ1) is 11.5. The number of hydrogen-bond donors (Lipinski definition) is 1. The molecule has 0 saturated carbocycles. The Hall–Kier alpha value is -2.62. The van der Waals surface area contributed by atoms with Crippen molar-refractivity contribution in [1.82, 2.24) is 5.32 Å². The van der Waals surface area contributed by atoms with Crippen LogP contribution in [0.5, 0.6) is 5.75 Å². The van der Waals surface area contributed by atoms with Gasteiger partial charge < -0.3 is 4.74 Å². The molecule has 0 aliphatic carbocycles. The van der Waals surface area contributed by atoms with Crippen LogP contribution in [0.3, 0.4) is 0 Å². The highest BCUT2D eigenvalue weighted by Gasteiger charge is 2.30. The van der Waals surface area contributed by atoms with Crippen molar-refractivity contribution in [2.75, 3.05) is 0 Å². The Labute approximate surface area is 110 Å². The van der Waals surface area contributed by atoms with E-state index in [9.17, 15) is 9.59 Å². The Kier molecular flexibility index (Phi) is 2.76. The second kappa shape index (κ2) is 4.57. The summed E-state index contributed by atoms with van der Waals surface area (Å²) in [5.41, 5.74) is 1.08. The van der Waals surface area contributed by atoms with Crippen molar-refractivity contribution < 1.29 is 14.3 Å². The van der Waals surface area contributed by atoms with E-state index in [-0.39, 0.29) is 0 Å². The number of carbonyl (C=O) groups is 2. The van der Waals surface area contributed by atoms with E-state index in [2.05, 4.69) is 5.32 Å². The number of fused-ring (bicyclic) bond motifs is 1. The molecule has 0 spiro atoms. The molecule has 0 radical (unpaired) electrons. The predicted molar refractivity (Wildman–Crippen MR) is 68.7 cm³/mol.